The molecule has 0 spiro atoms. The number of fused-ring (bicyclic) bond motifs is 1. The fourth-order valence-electron chi connectivity index (χ4n) is 2.27. The van der Waals surface area contributed by atoms with Crippen molar-refractivity contribution in [1.82, 2.24) is 19.2 Å². The molecule has 124 valence electrons. The number of benzene rings is 1. The fraction of sp³-hybridized carbons (Fsp3) is 0.200. The van der Waals surface area contributed by atoms with Gasteiger partial charge in [-0.2, -0.15) is 9.61 Å². The number of methoxy groups -OCH3 is 1. The number of aromatic nitrogens is 4. The number of nitrogens with zero attached hydrogens (tertiary/aromatic N) is 3. The van der Waals surface area contributed by atoms with Gasteiger partial charge in [-0.3, -0.25) is 4.98 Å². The number of carbonyl (C=O) groups is 1. The average Bonchev–Trinajstić information content (AvgIpc) is 3.00. The van der Waals surface area contributed by atoms with E-state index in [2.05, 4.69) is 10.1 Å². The molecule has 0 radical (unpaired) electrons. The maximum atomic E-state index is 12.5. The van der Waals surface area contributed by atoms with E-state index < -0.39 is 11.7 Å². The van der Waals surface area contributed by atoms with Crippen molar-refractivity contribution in [1.29, 1.82) is 0 Å². The van der Waals surface area contributed by atoms with Crippen molar-refractivity contribution in [3.63, 3.8) is 0 Å². The summed E-state index contributed by atoms with van der Waals surface area (Å²) < 4.78 is 12.8. The van der Waals surface area contributed by atoms with E-state index in [1.54, 1.807) is 38.3 Å². The highest BCUT2D eigenvalue weighted by atomic mass is 32.1. The van der Waals surface area contributed by atoms with Crippen molar-refractivity contribution in [2.75, 3.05) is 13.7 Å². The van der Waals surface area contributed by atoms with E-state index in [9.17, 15) is 9.59 Å². The largest absolute Gasteiger partial charge is 0.497 e. The summed E-state index contributed by atoms with van der Waals surface area (Å²) in [6.07, 6.45) is 1.32. The molecule has 0 fully saturated rings. The smallest absolute Gasteiger partial charge is 0.343 e. The number of H-pyrrole nitrogens is 1. The summed E-state index contributed by atoms with van der Waals surface area (Å²) in [5.74, 6) is 0.0891. The molecule has 0 unspecified atom stereocenters. The molecule has 0 aliphatic carbocycles. The Morgan fingerprint density at radius 1 is 1.33 bits per heavy atom. The first-order valence-electron chi connectivity index (χ1n) is 7.11. The Labute approximate surface area is 141 Å². The highest BCUT2D eigenvalue weighted by molar-refractivity contribution is 7.71. The molecule has 0 saturated carbocycles. The van der Waals surface area contributed by atoms with Crippen LogP contribution in [0.4, 0.5) is 0 Å². The van der Waals surface area contributed by atoms with Gasteiger partial charge in [-0.05, 0) is 43.4 Å². The van der Waals surface area contributed by atoms with Crippen LogP contribution < -0.4 is 10.4 Å². The zero-order valence-electron chi connectivity index (χ0n) is 13.0. The number of esters is 1. The number of aromatic amines is 1. The molecule has 2 aromatic heterocycles. The summed E-state index contributed by atoms with van der Waals surface area (Å²) in [6.45, 7) is 1.92. The van der Waals surface area contributed by atoms with Crippen molar-refractivity contribution in [2.24, 2.45) is 0 Å². The Morgan fingerprint density at radius 3 is 2.67 bits per heavy atom. The summed E-state index contributed by atoms with van der Waals surface area (Å²) in [5, 5.41) is 4.08. The molecular weight excluding hydrogens is 332 g/mol. The Bertz CT molecular complexity index is 1020. The van der Waals surface area contributed by atoms with Gasteiger partial charge in [0.2, 0.25) is 4.77 Å². The van der Waals surface area contributed by atoms with Crippen LogP contribution in [0, 0.1) is 4.77 Å². The lowest BCUT2D eigenvalue weighted by molar-refractivity contribution is 0.0528. The second kappa shape index (κ2) is 6.28. The Balaban J connectivity index is 2.19. The lowest BCUT2D eigenvalue weighted by atomic mass is 10.3. The molecule has 8 nitrogen and oxygen atoms in total. The van der Waals surface area contributed by atoms with Crippen molar-refractivity contribution in [3.05, 3.63) is 51.3 Å². The Hall–Kier alpha value is -2.94. The molecule has 1 N–H and O–H groups in total. The van der Waals surface area contributed by atoms with Crippen molar-refractivity contribution in [2.45, 2.75) is 6.92 Å². The molecule has 0 atom stereocenters. The zero-order valence-corrected chi connectivity index (χ0v) is 13.8. The lowest BCUT2D eigenvalue weighted by Crippen LogP contribution is -2.25. The van der Waals surface area contributed by atoms with Crippen molar-refractivity contribution >= 4 is 23.8 Å². The minimum Gasteiger partial charge on any atom is -0.497 e. The van der Waals surface area contributed by atoms with E-state index in [1.807, 2.05) is 0 Å². The normalized spacial score (nSPS) is 10.8. The van der Waals surface area contributed by atoms with Gasteiger partial charge < -0.3 is 9.47 Å². The number of carbonyl (C=O) groups excluding carboxylic acids is 1. The average molecular weight is 346 g/mol. The SMILES string of the molecule is CCOC(=O)c1cnn2c(=S)n(-c3ccc(OC)cc3)c(=O)[nH]c12. The molecule has 1 aromatic carbocycles. The summed E-state index contributed by atoms with van der Waals surface area (Å²) in [7, 11) is 1.56. The van der Waals surface area contributed by atoms with E-state index in [1.165, 1.54) is 15.3 Å². The maximum Gasteiger partial charge on any atom is 0.343 e. The molecule has 3 rings (SSSR count). The minimum absolute atomic E-state index is 0.134. The molecule has 3 aromatic rings. The van der Waals surface area contributed by atoms with Crippen LogP contribution in [0.1, 0.15) is 17.3 Å². The second-order valence-electron chi connectivity index (χ2n) is 4.79. The summed E-state index contributed by atoms with van der Waals surface area (Å²) in [6, 6.07) is 6.83. The van der Waals surface area contributed by atoms with Gasteiger partial charge in [0.05, 0.1) is 25.6 Å². The van der Waals surface area contributed by atoms with Gasteiger partial charge in [-0.1, -0.05) is 0 Å². The number of rotatable bonds is 4. The van der Waals surface area contributed by atoms with Gasteiger partial charge in [0, 0.05) is 0 Å². The molecule has 0 amide bonds. The minimum atomic E-state index is -0.570. The fourth-order valence-corrected chi connectivity index (χ4v) is 2.60. The predicted molar refractivity (Wildman–Crippen MR) is 88.5 cm³/mol. The van der Waals surface area contributed by atoms with Crippen molar-refractivity contribution in [3.8, 4) is 11.4 Å². The number of hydrogen-bond donors (Lipinski definition) is 1. The third-order valence-electron chi connectivity index (χ3n) is 3.40. The maximum absolute atomic E-state index is 12.5. The monoisotopic (exact) mass is 346 g/mol. The Morgan fingerprint density at radius 2 is 2.04 bits per heavy atom. The van der Waals surface area contributed by atoms with Crippen LogP contribution in [-0.2, 0) is 4.74 Å². The molecule has 24 heavy (non-hydrogen) atoms. The van der Waals surface area contributed by atoms with Gasteiger partial charge in [0.15, 0.2) is 5.65 Å². The molecule has 0 saturated heterocycles. The molecular formula is C15H14N4O4S. The van der Waals surface area contributed by atoms with Crippen LogP contribution in [0.25, 0.3) is 11.3 Å². The van der Waals surface area contributed by atoms with Crippen LogP contribution in [0.5, 0.6) is 5.75 Å². The first-order chi connectivity index (χ1) is 11.6. The van der Waals surface area contributed by atoms with Crippen molar-refractivity contribution < 1.29 is 14.3 Å². The lowest BCUT2D eigenvalue weighted by Gasteiger charge is -2.08. The van der Waals surface area contributed by atoms with Crippen LogP contribution in [-0.4, -0.2) is 38.9 Å². The first-order valence-corrected chi connectivity index (χ1v) is 7.52. The first kappa shape index (κ1) is 15.9. The molecule has 0 bridgehead atoms. The van der Waals surface area contributed by atoms with Crippen LogP contribution in [0.2, 0.25) is 0 Å². The van der Waals surface area contributed by atoms with Crippen LogP contribution in [0.3, 0.4) is 0 Å². The van der Waals surface area contributed by atoms with Crippen LogP contribution in [0.15, 0.2) is 35.3 Å². The third kappa shape index (κ3) is 2.58. The highest BCUT2D eigenvalue weighted by Gasteiger charge is 2.17. The molecule has 0 aliphatic heterocycles. The standard InChI is InChI=1S/C15H14N4O4S/c1-3-23-13(20)11-8-16-19-12(11)17-14(21)18(15(19)24)9-4-6-10(22-2)7-5-9/h4-8H,3H2,1-2H3,(H,17,21). The van der Waals surface area contributed by atoms with Gasteiger partial charge in [0.1, 0.15) is 11.3 Å². The molecule has 2 heterocycles. The molecule has 9 heteroatoms. The van der Waals surface area contributed by atoms with E-state index in [4.69, 9.17) is 21.7 Å². The van der Waals surface area contributed by atoms with E-state index in [0.717, 1.165) is 0 Å². The van der Waals surface area contributed by atoms with E-state index in [-0.39, 0.29) is 22.6 Å². The topological polar surface area (TPSA) is 90.6 Å². The summed E-state index contributed by atoms with van der Waals surface area (Å²) >= 11 is 5.35. The van der Waals surface area contributed by atoms with Crippen LogP contribution >= 0.6 is 12.2 Å². The van der Waals surface area contributed by atoms with E-state index >= 15 is 0 Å². The number of hydrogen-bond acceptors (Lipinski definition) is 6. The summed E-state index contributed by atoms with van der Waals surface area (Å²) in [5.41, 5.74) is 0.427. The van der Waals surface area contributed by atoms with Gasteiger partial charge in [-0.25, -0.2) is 14.2 Å². The number of nitrogens with one attached hydrogen (secondary N) is 1. The van der Waals surface area contributed by atoms with Gasteiger partial charge >= 0.3 is 11.7 Å². The Kier molecular flexibility index (Phi) is 4.17. The van der Waals surface area contributed by atoms with E-state index in [0.29, 0.717) is 11.4 Å². The highest BCUT2D eigenvalue weighted by Crippen LogP contribution is 2.15. The zero-order chi connectivity index (χ0) is 17.3. The quantitative estimate of drug-likeness (QED) is 0.571. The second-order valence-corrected chi connectivity index (χ2v) is 5.15. The third-order valence-corrected chi connectivity index (χ3v) is 3.75. The van der Waals surface area contributed by atoms with Gasteiger partial charge in [0.25, 0.3) is 0 Å². The predicted octanol–water partition coefficient (Wildman–Crippen LogP) is 1.73. The van der Waals surface area contributed by atoms with Gasteiger partial charge in [-0.15, -0.1) is 0 Å². The molecule has 0 aliphatic rings. The summed E-state index contributed by atoms with van der Waals surface area (Å²) in [4.78, 5) is 27.0. The number of ether oxygens (including phenoxy) is 2.